The fraction of sp³-hybridized carbons (Fsp3) is 0.200. The summed E-state index contributed by atoms with van der Waals surface area (Å²) in [5.41, 5.74) is 3.27. The first-order valence-corrected chi connectivity index (χ1v) is 7.81. The van der Waals surface area contributed by atoms with Gasteiger partial charge in [0.25, 0.3) is 5.91 Å². The van der Waals surface area contributed by atoms with Crippen molar-refractivity contribution in [1.82, 2.24) is 0 Å². The summed E-state index contributed by atoms with van der Waals surface area (Å²) in [7, 11) is 1.75. The summed E-state index contributed by atoms with van der Waals surface area (Å²) in [6.07, 6.45) is 3.00. The summed E-state index contributed by atoms with van der Waals surface area (Å²) in [5, 5.41) is 0. The molecule has 2 rings (SSSR count). The summed E-state index contributed by atoms with van der Waals surface area (Å²) < 4.78 is 4.85. The zero-order valence-electron chi connectivity index (χ0n) is 14.2. The predicted octanol–water partition coefficient (Wildman–Crippen LogP) is 3.85. The number of rotatable bonds is 5. The van der Waals surface area contributed by atoms with Gasteiger partial charge in [-0.05, 0) is 55.3 Å². The van der Waals surface area contributed by atoms with Crippen molar-refractivity contribution in [3.8, 4) is 0 Å². The van der Waals surface area contributed by atoms with Gasteiger partial charge in [-0.15, -0.1) is 0 Å². The van der Waals surface area contributed by atoms with Gasteiger partial charge in [-0.2, -0.15) is 0 Å². The number of benzene rings is 2. The molecule has 2 aromatic carbocycles. The van der Waals surface area contributed by atoms with Crippen LogP contribution in [-0.2, 0) is 9.53 Å². The van der Waals surface area contributed by atoms with E-state index < -0.39 is 5.97 Å². The smallest absolute Gasteiger partial charge is 0.330 e. The Hall–Kier alpha value is -2.88. The molecule has 0 fully saturated rings. The SMILES string of the molecule is CCOC(=O)/C=C/c1cccc(C(=O)N(C)c2cccc(C)c2)c1. The van der Waals surface area contributed by atoms with Crippen LogP contribution in [0.25, 0.3) is 6.08 Å². The Balaban J connectivity index is 2.18. The van der Waals surface area contributed by atoms with Gasteiger partial charge in [-0.3, -0.25) is 4.79 Å². The Morgan fingerprint density at radius 1 is 1.12 bits per heavy atom. The van der Waals surface area contributed by atoms with Gasteiger partial charge in [0.05, 0.1) is 6.61 Å². The van der Waals surface area contributed by atoms with E-state index in [4.69, 9.17) is 4.74 Å². The zero-order chi connectivity index (χ0) is 17.5. The molecule has 4 heteroatoms. The van der Waals surface area contributed by atoms with Gasteiger partial charge in [-0.1, -0.05) is 24.3 Å². The van der Waals surface area contributed by atoms with E-state index in [0.717, 1.165) is 16.8 Å². The average molecular weight is 323 g/mol. The lowest BCUT2D eigenvalue weighted by Gasteiger charge is -2.18. The molecule has 0 bridgehead atoms. The summed E-state index contributed by atoms with van der Waals surface area (Å²) in [6, 6.07) is 14.9. The van der Waals surface area contributed by atoms with Crippen LogP contribution in [-0.4, -0.2) is 25.5 Å². The van der Waals surface area contributed by atoms with E-state index in [2.05, 4.69) is 0 Å². The lowest BCUT2D eigenvalue weighted by Crippen LogP contribution is -2.26. The van der Waals surface area contributed by atoms with Crippen molar-refractivity contribution in [2.45, 2.75) is 13.8 Å². The predicted molar refractivity (Wildman–Crippen MR) is 96.0 cm³/mol. The molecule has 0 aliphatic heterocycles. The highest BCUT2D eigenvalue weighted by molar-refractivity contribution is 6.06. The van der Waals surface area contributed by atoms with Crippen molar-refractivity contribution in [3.63, 3.8) is 0 Å². The van der Waals surface area contributed by atoms with Crippen LogP contribution in [0.3, 0.4) is 0 Å². The molecule has 4 nitrogen and oxygen atoms in total. The fourth-order valence-corrected chi connectivity index (χ4v) is 2.28. The van der Waals surface area contributed by atoms with Crippen molar-refractivity contribution < 1.29 is 14.3 Å². The first-order chi connectivity index (χ1) is 11.5. The van der Waals surface area contributed by atoms with E-state index in [-0.39, 0.29) is 5.91 Å². The average Bonchev–Trinajstić information content (AvgIpc) is 2.59. The Morgan fingerprint density at radius 3 is 2.58 bits per heavy atom. The first kappa shape index (κ1) is 17.5. The van der Waals surface area contributed by atoms with E-state index in [0.29, 0.717) is 12.2 Å². The van der Waals surface area contributed by atoms with Crippen molar-refractivity contribution in [1.29, 1.82) is 0 Å². The number of esters is 1. The minimum Gasteiger partial charge on any atom is -0.463 e. The topological polar surface area (TPSA) is 46.6 Å². The highest BCUT2D eigenvalue weighted by Gasteiger charge is 2.13. The molecule has 0 N–H and O–H groups in total. The van der Waals surface area contributed by atoms with E-state index in [1.165, 1.54) is 6.08 Å². The van der Waals surface area contributed by atoms with E-state index in [1.54, 1.807) is 43.1 Å². The van der Waals surface area contributed by atoms with Crippen molar-refractivity contribution in [3.05, 3.63) is 71.3 Å². The molecule has 0 atom stereocenters. The quantitative estimate of drug-likeness (QED) is 0.620. The molecule has 124 valence electrons. The maximum atomic E-state index is 12.7. The summed E-state index contributed by atoms with van der Waals surface area (Å²) in [4.78, 5) is 25.6. The molecule has 2 aromatic rings. The Kier molecular flexibility index (Phi) is 5.90. The van der Waals surface area contributed by atoms with E-state index in [9.17, 15) is 9.59 Å². The van der Waals surface area contributed by atoms with Crippen molar-refractivity contribution >= 4 is 23.6 Å². The molecule has 0 aliphatic carbocycles. The fourth-order valence-electron chi connectivity index (χ4n) is 2.28. The number of anilines is 1. The van der Waals surface area contributed by atoms with Gasteiger partial charge in [0.2, 0.25) is 0 Å². The number of hydrogen-bond donors (Lipinski definition) is 0. The van der Waals surface area contributed by atoms with Crippen LogP contribution in [0.4, 0.5) is 5.69 Å². The molecular formula is C20H21NO3. The Labute approximate surface area is 142 Å². The third-order valence-electron chi connectivity index (χ3n) is 3.53. The molecule has 0 spiro atoms. The Bertz CT molecular complexity index is 765. The van der Waals surface area contributed by atoms with Crippen LogP contribution in [0.2, 0.25) is 0 Å². The second-order valence-electron chi connectivity index (χ2n) is 5.41. The van der Waals surface area contributed by atoms with E-state index >= 15 is 0 Å². The standard InChI is InChI=1S/C20H21NO3/c1-4-24-19(22)12-11-16-8-6-9-17(14-16)20(23)21(3)18-10-5-7-15(2)13-18/h5-14H,4H2,1-3H3/b12-11+. The number of nitrogens with zero attached hydrogens (tertiary/aromatic N) is 1. The number of amides is 1. The van der Waals surface area contributed by atoms with Crippen LogP contribution in [0, 0.1) is 6.92 Å². The van der Waals surface area contributed by atoms with Crippen LogP contribution in [0.5, 0.6) is 0 Å². The minimum absolute atomic E-state index is 0.105. The van der Waals surface area contributed by atoms with Crippen molar-refractivity contribution in [2.24, 2.45) is 0 Å². The second-order valence-corrected chi connectivity index (χ2v) is 5.41. The second kappa shape index (κ2) is 8.11. The van der Waals surface area contributed by atoms with Gasteiger partial charge < -0.3 is 9.64 Å². The largest absolute Gasteiger partial charge is 0.463 e. The molecule has 0 heterocycles. The van der Waals surface area contributed by atoms with Crippen LogP contribution >= 0.6 is 0 Å². The van der Waals surface area contributed by atoms with Gasteiger partial charge in [0.1, 0.15) is 0 Å². The molecule has 0 unspecified atom stereocenters. The maximum absolute atomic E-state index is 12.7. The molecule has 0 saturated carbocycles. The van der Waals surface area contributed by atoms with Gasteiger partial charge >= 0.3 is 5.97 Å². The lowest BCUT2D eigenvalue weighted by atomic mass is 10.1. The number of carbonyl (C=O) groups is 2. The minimum atomic E-state index is -0.397. The summed E-state index contributed by atoms with van der Waals surface area (Å²) in [5.74, 6) is -0.502. The highest BCUT2D eigenvalue weighted by Crippen LogP contribution is 2.18. The number of aryl methyl sites for hydroxylation is 1. The van der Waals surface area contributed by atoms with Gasteiger partial charge in [0.15, 0.2) is 0 Å². The number of carbonyl (C=O) groups excluding carboxylic acids is 2. The molecule has 24 heavy (non-hydrogen) atoms. The first-order valence-electron chi connectivity index (χ1n) is 7.81. The molecule has 0 aliphatic rings. The van der Waals surface area contributed by atoms with E-state index in [1.807, 2.05) is 37.3 Å². The van der Waals surface area contributed by atoms with Gasteiger partial charge in [0, 0.05) is 24.4 Å². The van der Waals surface area contributed by atoms with Crippen LogP contribution < -0.4 is 4.90 Å². The monoisotopic (exact) mass is 323 g/mol. The highest BCUT2D eigenvalue weighted by atomic mass is 16.5. The summed E-state index contributed by atoms with van der Waals surface area (Å²) >= 11 is 0. The van der Waals surface area contributed by atoms with Crippen LogP contribution in [0.1, 0.15) is 28.4 Å². The maximum Gasteiger partial charge on any atom is 0.330 e. The molecule has 0 aromatic heterocycles. The molecule has 0 radical (unpaired) electrons. The third kappa shape index (κ3) is 4.56. The molecule has 0 saturated heterocycles. The third-order valence-corrected chi connectivity index (χ3v) is 3.53. The number of ether oxygens (including phenoxy) is 1. The summed E-state index contributed by atoms with van der Waals surface area (Å²) in [6.45, 7) is 4.08. The molecular weight excluding hydrogens is 302 g/mol. The number of hydrogen-bond acceptors (Lipinski definition) is 3. The van der Waals surface area contributed by atoms with Gasteiger partial charge in [-0.25, -0.2) is 4.79 Å². The zero-order valence-corrected chi connectivity index (χ0v) is 14.2. The molecule has 1 amide bonds. The van der Waals surface area contributed by atoms with Crippen molar-refractivity contribution in [2.75, 3.05) is 18.6 Å². The lowest BCUT2D eigenvalue weighted by molar-refractivity contribution is -0.137. The Morgan fingerprint density at radius 2 is 1.88 bits per heavy atom. The normalized spacial score (nSPS) is 10.6. The van der Waals surface area contributed by atoms with Crippen LogP contribution in [0.15, 0.2) is 54.6 Å².